The highest BCUT2D eigenvalue weighted by atomic mass is 19.1. The molecule has 0 unspecified atom stereocenters. The summed E-state index contributed by atoms with van der Waals surface area (Å²) in [7, 11) is 0. The quantitative estimate of drug-likeness (QED) is 0.709. The van der Waals surface area contributed by atoms with Crippen molar-refractivity contribution in [1.29, 1.82) is 0 Å². The van der Waals surface area contributed by atoms with Gasteiger partial charge in [-0.05, 0) is 17.2 Å². The van der Waals surface area contributed by atoms with Crippen LogP contribution >= 0.6 is 0 Å². The van der Waals surface area contributed by atoms with Gasteiger partial charge in [-0.1, -0.05) is 66.7 Å². The molecule has 1 aliphatic rings. The van der Waals surface area contributed by atoms with Gasteiger partial charge in [0, 0.05) is 16.7 Å². The second kappa shape index (κ2) is 4.27. The maximum atomic E-state index is 14.3. The molecule has 0 spiro atoms. The minimum absolute atomic E-state index is 0.294. The second-order valence-electron chi connectivity index (χ2n) is 5.28. The fourth-order valence-corrected chi connectivity index (χ4v) is 3.26. The van der Waals surface area contributed by atoms with Crippen LogP contribution in [-0.2, 0) is 5.60 Å². The van der Waals surface area contributed by atoms with Gasteiger partial charge in [-0.15, -0.1) is 0 Å². The second-order valence-corrected chi connectivity index (χ2v) is 5.28. The Labute approximate surface area is 122 Å². The maximum Gasteiger partial charge on any atom is 0.144 e. The number of benzene rings is 3. The molecule has 21 heavy (non-hydrogen) atoms. The Bertz CT molecular complexity index is 793. The van der Waals surface area contributed by atoms with Crippen molar-refractivity contribution in [2.45, 2.75) is 5.60 Å². The molecular formula is C19H13FO. The van der Waals surface area contributed by atoms with Crippen LogP contribution in [0.1, 0.15) is 16.7 Å². The molecule has 1 N–H and O–H groups in total. The van der Waals surface area contributed by atoms with E-state index in [1.165, 1.54) is 6.07 Å². The molecule has 0 aromatic heterocycles. The first-order chi connectivity index (χ1) is 10.2. The van der Waals surface area contributed by atoms with Crippen LogP contribution in [0.2, 0.25) is 0 Å². The van der Waals surface area contributed by atoms with E-state index in [1.54, 1.807) is 18.2 Å². The monoisotopic (exact) mass is 276 g/mol. The normalized spacial score (nSPS) is 14.6. The third-order valence-electron chi connectivity index (χ3n) is 4.19. The van der Waals surface area contributed by atoms with E-state index in [0.717, 1.165) is 22.3 Å². The summed E-state index contributed by atoms with van der Waals surface area (Å²) < 4.78 is 14.3. The molecule has 102 valence electrons. The van der Waals surface area contributed by atoms with Crippen LogP contribution in [0.25, 0.3) is 11.1 Å². The predicted molar refractivity (Wildman–Crippen MR) is 80.4 cm³/mol. The Hall–Kier alpha value is -2.45. The molecule has 0 fully saturated rings. The van der Waals surface area contributed by atoms with Crippen molar-refractivity contribution in [2.75, 3.05) is 0 Å². The first-order valence-electron chi connectivity index (χ1n) is 6.89. The molecule has 0 atom stereocenters. The topological polar surface area (TPSA) is 20.2 Å². The lowest BCUT2D eigenvalue weighted by atomic mass is 9.84. The van der Waals surface area contributed by atoms with Crippen LogP contribution in [0.3, 0.4) is 0 Å². The molecule has 0 amide bonds. The van der Waals surface area contributed by atoms with Crippen LogP contribution in [0.15, 0.2) is 72.8 Å². The van der Waals surface area contributed by atoms with Gasteiger partial charge in [0.1, 0.15) is 11.4 Å². The minimum Gasteiger partial charge on any atom is -0.376 e. The molecule has 0 heterocycles. The van der Waals surface area contributed by atoms with Crippen LogP contribution in [0.4, 0.5) is 4.39 Å². The third-order valence-corrected chi connectivity index (χ3v) is 4.19. The molecular weight excluding hydrogens is 263 g/mol. The zero-order chi connectivity index (χ0) is 14.4. The number of rotatable bonds is 1. The van der Waals surface area contributed by atoms with Crippen molar-refractivity contribution in [3.63, 3.8) is 0 Å². The summed E-state index contributed by atoms with van der Waals surface area (Å²) >= 11 is 0. The van der Waals surface area contributed by atoms with E-state index in [-0.39, 0.29) is 0 Å². The largest absolute Gasteiger partial charge is 0.376 e. The third kappa shape index (κ3) is 1.54. The molecule has 1 aliphatic carbocycles. The summed E-state index contributed by atoms with van der Waals surface area (Å²) in [6, 6.07) is 21.7. The van der Waals surface area contributed by atoms with Crippen molar-refractivity contribution < 1.29 is 9.50 Å². The van der Waals surface area contributed by atoms with E-state index in [0.29, 0.717) is 5.56 Å². The summed E-state index contributed by atoms with van der Waals surface area (Å²) in [5.74, 6) is -0.397. The lowest BCUT2D eigenvalue weighted by Gasteiger charge is -2.26. The molecule has 3 aromatic rings. The molecule has 1 nitrogen and oxygen atoms in total. The highest BCUT2D eigenvalue weighted by Gasteiger charge is 2.44. The predicted octanol–water partition coefficient (Wildman–Crippen LogP) is 4.09. The summed E-state index contributed by atoms with van der Waals surface area (Å²) in [4.78, 5) is 0. The smallest absolute Gasteiger partial charge is 0.144 e. The number of hydrogen-bond donors (Lipinski definition) is 1. The lowest BCUT2D eigenvalue weighted by molar-refractivity contribution is 0.126. The van der Waals surface area contributed by atoms with E-state index in [4.69, 9.17) is 0 Å². The molecule has 0 bridgehead atoms. The number of halogens is 1. The van der Waals surface area contributed by atoms with Crippen LogP contribution in [0, 0.1) is 5.82 Å². The highest BCUT2D eigenvalue weighted by Crippen LogP contribution is 2.50. The Morgan fingerprint density at radius 1 is 0.619 bits per heavy atom. The van der Waals surface area contributed by atoms with Crippen molar-refractivity contribution in [3.05, 3.63) is 95.3 Å². The fraction of sp³-hybridized carbons (Fsp3) is 0.0526. The molecule has 0 radical (unpaired) electrons. The first kappa shape index (κ1) is 12.3. The molecule has 0 aliphatic heterocycles. The van der Waals surface area contributed by atoms with Crippen LogP contribution in [-0.4, -0.2) is 5.11 Å². The van der Waals surface area contributed by atoms with Crippen LogP contribution in [0.5, 0.6) is 0 Å². The molecule has 0 saturated heterocycles. The van der Waals surface area contributed by atoms with E-state index in [9.17, 15) is 9.50 Å². The van der Waals surface area contributed by atoms with Gasteiger partial charge >= 0.3 is 0 Å². The average Bonchev–Trinajstić information content (AvgIpc) is 2.79. The highest BCUT2D eigenvalue weighted by molar-refractivity contribution is 5.82. The van der Waals surface area contributed by atoms with Gasteiger partial charge in [-0.3, -0.25) is 0 Å². The number of hydrogen-bond acceptors (Lipinski definition) is 1. The molecule has 4 rings (SSSR count). The van der Waals surface area contributed by atoms with Crippen molar-refractivity contribution in [2.24, 2.45) is 0 Å². The van der Waals surface area contributed by atoms with E-state index < -0.39 is 11.4 Å². The van der Waals surface area contributed by atoms with E-state index in [1.807, 2.05) is 48.5 Å². The zero-order valence-corrected chi connectivity index (χ0v) is 11.3. The average molecular weight is 276 g/mol. The van der Waals surface area contributed by atoms with E-state index in [2.05, 4.69) is 0 Å². The van der Waals surface area contributed by atoms with E-state index >= 15 is 0 Å². The molecule has 0 saturated carbocycles. The Kier molecular flexibility index (Phi) is 2.50. The SMILES string of the molecule is OC1(c2ccccc2F)c2ccccc2-c2ccccc21. The summed E-state index contributed by atoms with van der Waals surface area (Å²) in [6.45, 7) is 0. The van der Waals surface area contributed by atoms with Crippen molar-refractivity contribution in [1.82, 2.24) is 0 Å². The van der Waals surface area contributed by atoms with Gasteiger partial charge in [0.05, 0.1) is 0 Å². The molecule has 3 aromatic carbocycles. The van der Waals surface area contributed by atoms with Crippen molar-refractivity contribution >= 4 is 0 Å². The Morgan fingerprint density at radius 3 is 1.57 bits per heavy atom. The summed E-state index contributed by atoms with van der Waals surface area (Å²) in [6.07, 6.45) is 0. The number of fused-ring (bicyclic) bond motifs is 3. The standard InChI is InChI=1S/C19H13FO/c20-18-12-6-5-11-17(18)19(21)15-9-3-1-7-13(15)14-8-2-4-10-16(14)19/h1-12,21H. The van der Waals surface area contributed by atoms with Gasteiger partial charge in [-0.25, -0.2) is 4.39 Å². The summed E-state index contributed by atoms with van der Waals surface area (Å²) in [5.41, 5.74) is 2.24. The fourth-order valence-electron chi connectivity index (χ4n) is 3.26. The van der Waals surface area contributed by atoms with Gasteiger partial charge < -0.3 is 5.11 Å². The molecule has 2 heteroatoms. The Balaban J connectivity index is 2.12. The van der Waals surface area contributed by atoms with Gasteiger partial charge in [0.25, 0.3) is 0 Å². The lowest BCUT2D eigenvalue weighted by Crippen LogP contribution is -2.27. The first-order valence-corrected chi connectivity index (χ1v) is 6.89. The minimum atomic E-state index is -1.43. The van der Waals surface area contributed by atoms with Gasteiger partial charge in [-0.2, -0.15) is 0 Å². The van der Waals surface area contributed by atoms with Gasteiger partial charge in [0.15, 0.2) is 0 Å². The Morgan fingerprint density at radius 2 is 1.05 bits per heavy atom. The summed E-state index contributed by atoms with van der Waals surface area (Å²) in [5, 5.41) is 11.4. The van der Waals surface area contributed by atoms with Crippen LogP contribution < -0.4 is 0 Å². The van der Waals surface area contributed by atoms with Crippen molar-refractivity contribution in [3.8, 4) is 11.1 Å². The van der Waals surface area contributed by atoms with Gasteiger partial charge in [0.2, 0.25) is 0 Å². The maximum absolute atomic E-state index is 14.3. The zero-order valence-electron chi connectivity index (χ0n) is 11.3. The number of aliphatic hydroxyl groups is 1.